The zero-order valence-corrected chi connectivity index (χ0v) is 12.0. The highest BCUT2D eigenvalue weighted by atomic mass is 32.1. The monoisotopic (exact) mass is 325 g/mol. The standard InChI is InChI=1S/C11H14F3N3O3S/c1-20-9(19)2-3-17(6-11(12,13)14)8(18)4-7-5-21-10(15)16-7/h5H,2-4,6H2,1H3,(H2,15,16). The van der Waals surface area contributed by atoms with Crippen molar-refractivity contribution in [2.45, 2.75) is 19.0 Å². The van der Waals surface area contributed by atoms with E-state index in [1.165, 1.54) is 5.38 Å². The van der Waals surface area contributed by atoms with E-state index in [9.17, 15) is 22.8 Å². The summed E-state index contributed by atoms with van der Waals surface area (Å²) in [5.41, 5.74) is 5.69. The zero-order chi connectivity index (χ0) is 16.0. The number of hydrogen-bond donors (Lipinski definition) is 1. The number of ether oxygens (including phenoxy) is 1. The summed E-state index contributed by atoms with van der Waals surface area (Å²) >= 11 is 1.09. The lowest BCUT2D eigenvalue weighted by molar-refractivity contribution is -0.162. The van der Waals surface area contributed by atoms with Crippen molar-refractivity contribution in [1.82, 2.24) is 9.88 Å². The molecule has 1 aromatic heterocycles. The Hall–Kier alpha value is -1.84. The molecule has 0 unspecified atom stereocenters. The Morgan fingerprint density at radius 1 is 1.48 bits per heavy atom. The second-order valence-electron chi connectivity index (χ2n) is 4.11. The van der Waals surface area contributed by atoms with Gasteiger partial charge in [-0.2, -0.15) is 13.2 Å². The molecule has 0 radical (unpaired) electrons. The molecule has 0 aliphatic rings. The molecule has 1 aromatic rings. The van der Waals surface area contributed by atoms with Crippen LogP contribution in [0.4, 0.5) is 18.3 Å². The Balaban J connectivity index is 2.69. The van der Waals surface area contributed by atoms with Gasteiger partial charge in [-0.3, -0.25) is 9.59 Å². The van der Waals surface area contributed by atoms with Gasteiger partial charge in [-0.15, -0.1) is 11.3 Å². The molecule has 0 spiro atoms. The number of hydrogen-bond acceptors (Lipinski definition) is 6. The van der Waals surface area contributed by atoms with Crippen LogP contribution in [0, 0.1) is 0 Å². The van der Waals surface area contributed by atoms with E-state index in [-0.39, 0.29) is 24.5 Å². The summed E-state index contributed by atoms with van der Waals surface area (Å²) in [6, 6.07) is 0. The third kappa shape index (κ3) is 6.43. The van der Waals surface area contributed by atoms with E-state index >= 15 is 0 Å². The summed E-state index contributed by atoms with van der Waals surface area (Å²) in [7, 11) is 1.12. The summed E-state index contributed by atoms with van der Waals surface area (Å²) in [4.78, 5) is 27.3. The SMILES string of the molecule is COC(=O)CCN(CC(F)(F)F)C(=O)Cc1csc(N)n1. The molecule has 0 fully saturated rings. The van der Waals surface area contributed by atoms with E-state index < -0.39 is 24.6 Å². The van der Waals surface area contributed by atoms with Crippen LogP contribution in [0.3, 0.4) is 0 Å². The normalized spacial score (nSPS) is 11.2. The molecule has 10 heteroatoms. The highest BCUT2D eigenvalue weighted by Crippen LogP contribution is 2.18. The Bertz CT molecular complexity index is 504. The fourth-order valence-corrected chi connectivity index (χ4v) is 2.07. The van der Waals surface area contributed by atoms with Gasteiger partial charge in [0.25, 0.3) is 0 Å². The number of carbonyl (C=O) groups excluding carboxylic acids is 2. The Morgan fingerprint density at radius 2 is 2.14 bits per heavy atom. The molecule has 0 bridgehead atoms. The molecule has 6 nitrogen and oxygen atoms in total. The molecular formula is C11H14F3N3O3S. The van der Waals surface area contributed by atoms with Crippen LogP contribution in [-0.2, 0) is 20.7 Å². The number of alkyl halides is 3. The lowest BCUT2D eigenvalue weighted by atomic mass is 10.2. The molecule has 0 aromatic carbocycles. The summed E-state index contributed by atoms with van der Waals surface area (Å²) < 4.78 is 41.8. The molecule has 0 saturated carbocycles. The van der Waals surface area contributed by atoms with Crippen LogP contribution in [0.15, 0.2) is 5.38 Å². The van der Waals surface area contributed by atoms with Gasteiger partial charge >= 0.3 is 12.1 Å². The van der Waals surface area contributed by atoms with Crippen molar-refractivity contribution in [3.63, 3.8) is 0 Å². The van der Waals surface area contributed by atoms with Crippen molar-refractivity contribution < 1.29 is 27.5 Å². The topological polar surface area (TPSA) is 85.5 Å². The minimum absolute atomic E-state index is 0.231. The third-order valence-corrected chi connectivity index (χ3v) is 3.16. The number of halogens is 3. The maximum atomic E-state index is 12.5. The molecule has 1 amide bonds. The first-order chi connectivity index (χ1) is 9.71. The molecule has 0 atom stereocenters. The van der Waals surface area contributed by atoms with Gasteiger partial charge in [0.05, 0.1) is 25.6 Å². The number of nitrogens with two attached hydrogens (primary N) is 1. The summed E-state index contributed by atoms with van der Waals surface area (Å²) in [6.45, 7) is -1.80. The summed E-state index contributed by atoms with van der Waals surface area (Å²) in [5.74, 6) is -1.46. The smallest absolute Gasteiger partial charge is 0.406 e. The molecule has 21 heavy (non-hydrogen) atoms. The number of carbonyl (C=O) groups is 2. The van der Waals surface area contributed by atoms with Gasteiger partial charge in [-0.25, -0.2) is 4.98 Å². The first kappa shape index (κ1) is 17.2. The van der Waals surface area contributed by atoms with Crippen LogP contribution in [-0.4, -0.2) is 48.1 Å². The molecule has 0 aliphatic carbocycles. The van der Waals surface area contributed by atoms with Crippen LogP contribution in [0.2, 0.25) is 0 Å². The molecule has 118 valence electrons. The average molecular weight is 325 g/mol. The summed E-state index contributed by atoms with van der Waals surface area (Å²) in [6.07, 6.45) is -5.16. The van der Waals surface area contributed by atoms with Crippen LogP contribution in [0.25, 0.3) is 0 Å². The van der Waals surface area contributed by atoms with Gasteiger partial charge in [-0.05, 0) is 0 Å². The van der Waals surface area contributed by atoms with Crippen molar-refractivity contribution >= 4 is 28.3 Å². The molecule has 0 saturated heterocycles. The molecule has 2 N–H and O–H groups in total. The van der Waals surface area contributed by atoms with Crippen LogP contribution in [0.5, 0.6) is 0 Å². The summed E-state index contributed by atoms with van der Waals surface area (Å²) in [5, 5.41) is 1.73. The van der Waals surface area contributed by atoms with Crippen LogP contribution in [0.1, 0.15) is 12.1 Å². The predicted molar refractivity (Wildman–Crippen MR) is 69.5 cm³/mol. The minimum Gasteiger partial charge on any atom is -0.469 e. The second kappa shape index (κ2) is 7.25. The van der Waals surface area contributed by atoms with Gasteiger partial charge in [0.15, 0.2) is 5.13 Å². The minimum atomic E-state index is -4.55. The van der Waals surface area contributed by atoms with Crippen molar-refractivity contribution in [2.75, 3.05) is 25.9 Å². The number of methoxy groups -OCH3 is 1. The number of amides is 1. The Labute approximate surface area is 122 Å². The van der Waals surface area contributed by atoms with Crippen LogP contribution >= 0.6 is 11.3 Å². The quantitative estimate of drug-likeness (QED) is 0.795. The van der Waals surface area contributed by atoms with Crippen molar-refractivity contribution in [1.29, 1.82) is 0 Å². The van der Waals surface area contributed by atoms with Gasteiger partial charge in [-0.1, -0.05) is 0 Å². The first-order valence-electron chi connectivity index (χ1n) is 5.82. The highest BCUT2D eigenvalue weighted by molar-refractivity contribution is 7.13. The van der Waals surface area contributed by atoms with Gasteiger partial charge < -0.3 is 15.4 Å². The number of anilines is 1. The predicted octanol–water partition coefficient (Wildman–Crippen LogP) is 1.22. The van der Waals surface area contributed by atoms with Crippen molar-refractivity contribution in [3.05, 3.63) is 11.1 Å². The van der Waals surface area contributed by atoms with Gasteiger partial charge in [0, 0.05) is 11.9 Å². The molecular weight excluding hydrogens is 311 g/mol. The fraction of sp³-hybridized carbons (Fsp3) is 0.545. The number of esters is 1. The van der Waals surface area contributed by atoms with E-state index in [1.54, 1.807) is 0 Å². The molecule has 0 aliphatic heterocycles. The lowest BCUT2D eigenvalue weighted by Gasteiger charge is -2.23. The van der Waals surface area contributed by atoms with Gasteiger partial charge in [0.1, 0.15) is 6.54 Å². The second-order valence-corrected chi connectivity index (χ2v) is 5.00. The van der Waals surface area contributed by atoms with E-state index in [0.717, 1.165) is 18.4 Å². The van der Waals surface area contributed by atoms with Crippen molar-refractivity contribution in [2.24, 2.45) is 0 Å². The lowest BCUT2D eigenvalue weighted by Crippen LogP contribution is -2.41. The highest BCUT2D eigenvalue weighted by Gasteiger charge is 2.33. The molecule has 1 heterocycles. The Morgan fingerprint density at radius 3 is 2.62 bits per heavy atom. The van der Waals surface area contributed by atoms with E-state index in [4.69, 9.17) is 5.73 Å². The average Bonchev–Trinajstić information content (AvgIpc) is 2.78. The fourth-order valence-electron chi connectivity index (χ4n) is 1.51. The maximum Gasteiger partial charge on any atom is 0.406 e. The number of aromatic nitrogens is 1. The third-order valence-electron chi connectivity index (χ3n) is 2.44. The maximum absolute atomic E-state index is 12.5. The molecule has 1 rings (SSSR count). The number of nitrogens with zero attached hydrogens (tertiary/aromatic N) is 2. The van der Waals surface area contributed by atoms with Crippen LogP contribution < -0.4 is 5.73 Å². The first-order valence-corrected chi connectivity index (χ1v) is 6.70. The Kier molecular flexibility index (Phi) is 5.94. The largest absolute Gasteiger partial charge is 0.469 e. The number of thiazole rings is 1. The van der Waals surface area contributed by atoms with Crippen molar-refractivity contribution in [3.8, 4) is 0 Å². The van der Waals surface area contributed by atoms with E-state index in [1.807, 2.05) is 0 Å². The van der Waals surface area contributed by atoms with Gasteiger partial charge in [0.2, 0.25) is 5.91 Å². The number of nitrogen functional groups attached to an aromatic ring is 1. The zero-order valence-electron chi connectivity index (χ0n) is 11.1. The number of rotatable bonds is 6. The van der Waals surface area contributed by atoms with E-state index in [2.05, 4.69) is 9.72 Å². The van der Waals surface area contributed by atoms with E-state index in [0.29, 0.717) is 10.6 Å².